The van der Waals surface area contributed by atoms with Crippen LogP contribution in [-0.2, 0) is 49.3 Å². The summed E-state index contributed by atoms with van der Waals surface area (Å²) < 4.78 is 40.2. The average Bonchev–Trinajstić information content (AvgIpc) is 3.26. The van der Waals surface area contributed by atoms with Crippen molar-refractivity contribution in [3.8, 4) is 33.9 Å². The Bertz CT molecular complexity index is 2480. The van der Waals surface area contributed by atoms with E-state index in [0.717, 1.165) is 33.1 Å². The molecule has 3 aromatic rings. The Kier molecular flexibility index (Phi) is 17.5. The number of carboxylic acid groups (broad SMARTS) is 1. The molecule has 1 N–H and O–H groups in total. The maximum Gasteiger partial charge on any atom is 0.325 e. The van der Waals surface area contributed by atoms with Crippen molar-refractivity contribution >= 4 is 57.9 Å². The van der Waals surface area contributed by atoms with Gasteiger partial charge in [-0.05, 0) is 87.4 Å². The lowest BCUT2D eigenvalue weighted by molar-refractivity contribution is -0.144. The summed E-state index contributed by atoms with van der Waals surface area (Å²) in [6.45, 7) is 5.66. The number of carboxylic acids is 1. The second kappa shape index (κ2) is 23.4. The molecule has 17 heteroatoms. The Balaban J connectivity index is 1.60. The van der Waals surface area contributed by atoms with Gasteiger partial charge in [-0.1, -0.05) is 12.1 Å². The lowest BCUT2D eigenvalue weighted by Crippen LogP contribution is -2.36. The van der Waals surface area contributed by atoms with Crippen LogP contribution in [0.1, 0.15) is 33.3 Å². The lowest BCUT2D eigenvalue weighted by Gasteiger charge is -2.27. The van der Waals surface area contributed by atoms with Crippen molar-refractivity contribution < 1.29 is 61.9 Å². The maximum absolute atomic E-state index is 13.0. The van der Waals surface area contributed by atoms with Crippen LogP contribution in [0.15, 0.2) is 82.2 Å². The molecule has 5 rings (SSSR count). The topological polar surface area (TPSA) is 196 Å². The minimum Gasteiger partial charge on any atom is -0.488 e. The van der Waals surface area contributed by atoms with Crippen molar-refractivity contribution in [1.29, 1.82) is 0 Å². The molecule has 0 aromatic heterocycles. The maximum atomic E-state index is 13.0. The molecule has 2 aliphatic rings. The number of hydrogen-bond donors (Lipinski definition) is 1. The van der Waals surface area contributed by atoms with Gasteiger partial charge in [0.15, 0.2) is 0 Å². The summed E-state index contributed by atoms with van der Waals surface area (Å²) in [5, 5.41) is 11.1. The summed E-state index contributed by atoms with van der Waals surface area (Å²) >= 11 is 0. The first kappa shape index (κ1) is 48.7. The highest BCUT2D eigenvalue weighted by Gasteiger charge is 2.25. The van der Waals surface area contributed by atoms with Crippen molar-refractivity contribution in [2.75, 3.05) is 102 Å². The van der Waals surface area contributed by atoms with E-state index in [0.29, 0.717) is 22.6 Å². The van der Waals surface area contributed by atoms with Crippen LogP contribution in [-0.4, -0.2) is 122 Å². The van der Waals surface area contributed by atoms with Gasteiger partial charge < -0.3 is 52.6 Å². The molecule has 0 amide bonds. The van der Waals surface area contributed by atoms with Gasteiger partial charge in [-0.25, -0.2) is 0 Å². The first-order valence-electron chi connectivity index (χ1n) is 21.3. The summed E-state index contributed by atoms with van der Waals surface area (Å²) in [5.41, 5.74) is 4.96. The highest BCUT2D eigenvalue weighted by Crippen LogP contribution is 2.43. The predicted molar refractivity (Wildman–Crippen MR) is 244 cm³/mol. The minimum atomic E-state index is -1.08. The second-order valence-electron chi connectivity index (χ2n) is 14.6. The fraction of sp³-hybridized carbons (Fsp3) is 0.375. The second-order valence-corrected chi connectivity index (χ2v) is 14.6. The first-order chi connectivity index (χ1) is 31.3. The van der Waals surface area contributed by atoms with Crippen LogP contribution in [0, 0.1) is 0 Å². The van der Waals surface area contributed by atoms with Gasteiger partial charge in [0, 0.05) is 55.5 Å². The monoisotopic (exact) mass is 896 g/mol. The summed E-state index contributed by atoms with van der Waals surface area (Å²) in [6.07, 6.45) is -0.331. The number of nitrogens with zero attached hydrogens (tertiary/aromatic N) is 4. The number of esters is 4. The van der Waals surface area contributed by atoms with Gasteiger partial charge in [0.1, 0.15) is 62.2 Å². The van der Waals surface area contributed by atoms with Crippen LogP contribution in [0.5, 0.6) is 11.5 Å². The first-order valence-corrected chi connectivity index (χ1v) is 21.3. The van der Waals surface area contributed by atoms with Crippen molar-refractivity contribution in [3.63, 3.8) is 0 Å². The van der Waals surface area contributed by atoms with Gasteiger partial charge in [-0.3, -0.25) is 29.0 Å². The molecule has 1 aliphatic carbocycles. The minimum absolute atomic E-state index is 0.0889. The van der Waals surface area contributed by atoms with Gasteiger partial charge >= 0.3 is 29.8 Å². The SMILES string of the molecule is CCOC(=O)CN(CC(=O)OCC)c1ccc(-c2c3cc/c(=N/C)cc-3oc3cc(N(C)C)ccc23)cc1OCCOc1ccc(CC(=O)O)cc1N(CC(=O)OCC)CC(=O)OCC. The van der Waals surface area contributed by atoms with Crippen LogP contribution in [0.3, 0.4) is 0 Å². The molecule has 0 fully saturated rings. The molecular formula is C48H56N4O13. The van der Waals surface area contributed by atoms with E-state index in [2.05, 4.69) is 4.99 Å². The fourth-order valence-electron chi connectivity index (χ4n) is 7.06. The number of benzene rings is 4. The van der Waals surface area contributed by atoms with Crippen molar-refractivity contribution in [2.45, 2.75) is 34.1 Å². The van der Waals surface area contributed by atoms with Crippen LogP contribution in [0.25, 0.3) is 33.4 Å². The molecule has 1 heterocycles. The largest absolute Gasteiger partial charge is 0.488 e. The highest BCUT2D eigenvalue weighted by atomic mass is 16.6. The summed E-state index contributed by atoms with van der Waals surface area (Å²) in [7, 11) is 5.59. The number of fused-ring (bicyclic) bond motifs is 2. The molecule has 1 aliphatic heterocycles. The highest BCUT2D eigenvalue weighted by molar-refractivity contribution is 6.03. The zero-order valence-corrected chi connectivity index (χ0v) is 37.8. The molecule has 3 aromatic carbocycles. The molecule has 0 bridgehead atoms. The third kappa shape index (κ3) is 13.1. The number of hydrogen-bond acceptors (Lipinski definition) is 16. The van der Waals surface area contributed by atoms with Gasteiger partial charge in [-0.15, -0.1) is 0 Å². The fourth-order valence-corrected chi connectivity index (χ4v) is 7.06. The Hall–Kier alpha value is -7.30. The average molecular weight is 897 g/mol. The summed E-state index contributed by atoms with van der Waals surface area (Å²) in [6, 6.07) is 21.8. The van der Waals surface area contributed by atoms with Gasteiger partial charge in [0.05, 0.1) is 49.6 Å². The van der Waals surface area contributed by atoms with E-state index in [4.69, 9.17) is 32.8 Å². The summed E-state index contributed by atoms with van der Waals surface area (Å²) in [4.78, 5) is 72.4. The van der Waals surface area contributed by atoms with Crippen molar-refractivity contribution in [2.24, 2.45) is 4.99 Å². The van der Waals surface area contributed by atoms with E-state index >= 15 is 0 Å². The third-order valence-corrected chi connectivity index (χ3v) is 9.87. The quantitative estimate of drug-likeness (QED) is 0.0360. The molecular weight excluding hydrogens is 841 g/mol. The molecule has 65 heavy (non-hydrogen) atoms. The normalized spacial score (nSPS) is 11.2. The number of carbonyl (C=O) groups excluding carboxylic acids is 4. The molecule has 346 valence electrons. The number of ether oxygens (including phenoxy) is 6. The molecule has 0 saturated carbocycles. The number of carbonyl (C=O) groups is 5. The van der Waals surface area contributed by atoms with E-state index in [1.165, 1.54) is 15.9 Å². The van der Waals surface area contributed by atoms with Crippen LogP contribution >= 0.6 is 0 Å². The number of aliphatic carboxylic acids is 1. The smallest absolute Gasteiger partial charge is 0.325 e. The van der Waals surface area contributed by atoms with E-state index in [9.17, 15) is 29.1 Å². The molecule has 0 atom stereocenters. The number of rotatable bonds is 23. The third-order valence-electron chi connectivity index (χ3n) is 9.87. The van der Waals surface area contributed by atoms with Crippen molar-refractivity contribution in [1.82, 2.24) is 0 Å². The Labute approximate surface area is 377 Å². The predicted octanol–water partition coefficient (Wildman–Crippen LogP) is 5.75. The molecule has 0 spiro atoms. The molecule has 0 saturated heterocycles. The lowest BCUT2D eigenvalue weighted by atomic mass is 9.93. The number of anilines is 3. The molecule has 17 nitrogen and oxygen atoms in total. The standard InChI is InChI=1S/C48H56N4O13/c1-8-59-44(55)27-51(28-45(56)60-9-2)37-18-13-32(48-35-16-14-33(49-5)25-40(35)65-41-26-34(50(6)7)15-17-36(41)48)24-42(37)64-21-20-63-39-19-12-31(23-43(53)54)22-38(39)52(29-46(57)61-10-3)30-47(58)62-11-4/h12-19,22,24-26H,8-11,20-21,23,27-30H2,1-7H3,(H,53,54)/b49-33-. The molecule has 0 radical (unpaired) electrons. The van der Waals surface area contributed by atoms with Crippen LogP contribution in [0.2, 0.25) is 0 Å². The van der Waals surface area contributed by atoms with E-state index in [1.807, 2.05) is 67.5 Å². The van der Waals surface area contributed by atoms with Crippen molar-refractivity contribution in [3.05, 3.63) is 83.7 Å². The van der Waals surface area contributed by atoms with Gasteiger partial charge in [0.25, 0.3) is 0 Å². The zero-order chi connectivity index (χ0) is 47.0. The van der Waals surface area contributed by atoms with Gasteiger partial charge in [0.2, 0.25) is 0 Å². The van der Waals surface area contributed by atoms with Crippen LogP contribution < -0.4 is 29.5 Å². The van der Waals surface area contributed by atoms with E-state index < -0.39 is 29.8 Å². The Morgan fingerprint density at radius 3 is 1.74 bits per heavy atom. The Morgan fingerprint density at radius 2 is 1.20 bits per heavy atom. The zero-order valence-electron chi connectivity index (χ0n) is 37.8. The van der Waals surface area contributed by atoms with Gasteiger partial charge in [-0.2, -0.15) is 0 Å². The van der Waals surface area contributed by atoms with Crippen LogP contribution in [0.4, 0.5) is 17.1 Å². The Morgan fingerprint density at radius 1 is 0.631 bits per heavy atom. The summed E-state index contributed by atoms with van der Waals surface area (Å²) in [5.74, 6) is -2.35. The molecule has 0 unspecified atom stereocenters. The van der Waals surface area contributed by atoms with E-state index in [1.54, 1.807) is 52.9 Å². The van der Waals surface area contributed by atoms with E-state index in [-0.39, 0.29) is 89.4 Å².